The van der Waals surface area contributed by atoms with Gasteiger partial charge in [0, 0.05) is 18.4 Å². The first-order valence-electron chi connectivity index (χ1n) is 8.82. The van der Waals surface area contributed by atoms with E-state index in [2.05, 4.69) is 15.4 Å². The number of aryl methyl sites for hydroxylation is 1. The maximum atomic E-state index is 14.1. The third-order valence-electron chi connectivity index (χ3n) is 5.01. The Morgan fingerprint density at radius 2 is 2.07 bits per heavy atom. The van der Waals surface area contributed by atoms with Crippen molar-refractivity contribution in [2.75, 3.05) is 18.5 Å². The highest BCUT2D eigenvalue weighted by Gasteiger charge is 2.44. The lowest BCUT2D eigenvalue weighted by Gasteiger charge is -2.31. The number of benzene rings is 1. The zero-order valence-corrected chi connectivity index (χ0v) is 15.2. The maximum absolute atomic E-state index is 14.1. The van der Waals surface area contributed by atoms with Gasteiger partial charge in [-0.25, -0.2) is 8.78 Å². The van der Waals surface area contributed by atoms with Crippen molar-refractivity contribution in [3.8, 4) is 5.75 Å². The van der Waals surface area contributed by atoms with Crippen molar-refractivity contribution in [1.82, 2.24) is 9.78 Å². The SMILES string of the molecule is Cc1cc(C(F)(F)F)cc(O)c1C1C=Nc2cn(C3CCOCC3(F)F)nc2N1. The minimum Gasteiger partial charge on any atom is -0.508 e. The van der Waals surface area contributed by atoms with Crippen LogP contribution in [0.3, 0.4) is 0 Å². The van der Waals surface area contributed by atoms with E-state index in [9.17, 15) is 27.1 Å². The van der Waals surface area contributed by atoms with Gasteiger partial charge in [0.1, 0.15) is 24.1 Å². The van der Waals surface area contributed by atoms with E-state index < -0.39 is 42.1 Å². The summed E-state index contributed by atoms with van der Waals surface area (Å²) in [5.74, 6) is -3.42. The number of alkyl halides is 5. The fourth-order valence-electron chi connectivity index (χ4n) is 3.61. The van der Waals surface area contributed by atoms with Crippen molar-refractivity contribution in [2.24, 2.45) is 4.99 Å². The lowest BCUT2D eigenvalue weighted by Crippen LogP contribution is -2.40. The minimum absolute atomic E-state index is 0.0828. The first kappa shape index (κ1) is 19.6. The average molecular weight is 416 g/mol. The molecule has 2 N–H and O–H groups in total. The lowest BCUT2D eigenvalue weighted by molar-refractivity contribution is -0.150. The number of hydrogen-bond donors (Lipinski definition) is 2. The number of anilines is 1. The normalized spacial score (nSPS) is 23.5. The van der Waals surface area contributed by atoms with Crippen LogP contribution in [-0.4, -0.2) is 40.2 Å². The van der Waals surface area contributed by atoms with Crippen LogP contribution in [0, 0.1) is 6.92 Å². The molecule has 2 aliphatic heterocycles. The second kappa shape index (κ2) is 6.68. The quantitative estimate of drug-likeness (QED) is 0.713. The molecule has 0 saturated carbocycles. The van der Waals surface area contributed by atoms with Crippen molar-refractivity contribution in [3.05, 3.63) is 35.0 Å². The van der Waals surface area contributed by atoms with Crippen LogP contribution in [0.2, 0.25) is 0 Å². The van der Waals surface area contributed by atoms with Crippen LogP contribution < -0.4 is 5.32 Å². The molecule has 0 radical (unpaired) electrons. The van der Waals surface area contributed by atoms with Crippen LogP contribution in [0.15, 0.2) is 23.3 Å². The number of nitrogens with one attached hydrogen (secondary N) is 1. The van der Waals surface area contributed by atoms with E-state index in [1.165, 1.54) is 19.3 Å². The summed E-state index contributed by atoms with van der Waals surface area (Å²) in [6, 6.07) is -0.364. The Bertz CT molecular complexity index is 947. The van der Waals surface area contributed by atoms with Gasteiger partial charge in [-0.1, -0.05) is 0 Å². The second-order valence-electron chi connectivity index (χ2n) is 7.08. The third-order valence-corrected chi connectivity index (χ3v) is 5.01. The monoisotopic (exact) mass is 416 g/mol. The highest BCUT2D eigenvalue weighted by molar-refractivity contribution is 5.83. The Balaban J connectivity index is 1.63. The number of hydrogen-bond acceptors (Lipinski definition) is 5. The molecule has 4 rings (SSSR count). The molecule has 2 unspecified atom stereocenters. The van der Waals surface area contributed by atoms with E-state index >= 15 is 0 Å². The predicted octanol–water partition coefficient (Wildman–Crippen LogP) is 4.38. The molecule has 11 heteroatoms. The molecular weight excluding hydrogens is 399 g/mol. The first-order chi connectivity index (χ1) is 13.6. The van der Waals surface area contributed by atoms with Crippen molar-refractivity contribution in [2.45, 2.75) is 37.5 Å². The molecule has 0 aliphatic carbocycles. The van der Waals surface area contributed by atoms with Crippen LogP contribution in [-0.2, 0) is 10.9 Å². The van der Waals surface area contributed by atoms with Crippen molar-refractivity contribution < 1.29 is 31.8 Å². The van der Waals surface area contributed by atoms with E-state index in [0.717, 1.165) is 10.7 Å². The number of phenolic OH excluding ortho intramolecular Hbond substituents is 1. The molecule has 29 heavy (non-hydrogen) atoms. The zero-order valence-electron chi connectivity index (χ0n) is 15.2. The average Bonchev–Trinajstić information content (AvgIpc) is 3.02. The Kier molecular flexibility index (Phi) is 4.52. The van der Waals surface area contributed by atoms with Gasteiger partial charge < -0.3 is 15.2 Å². The van der Waals surface area contributed by atoms with Crippen LogP contribution in [0.4, 0.5) is 33.5 Å². The van der Waals surface area contributed by atoms with Gasteiger partial charge >= 0.3 is 6.18 Å². The van der Waals surface area contributed by atoms with Crippen LogP contribution in [0.1, 0.15) is 35.2 Å². The Morgan fingerprint density at radius 3 is 2.72 bits per heavy atom. The van der Waals surface area contributed by atoms with Gasteiger partial charge in [0.25, 0.3) is 5.92 Å². The first-order valence-corrected chi connectivity index (χ1v) is 8.82. The van der Waals surface area contributed by atoms with Gasteiger partial charge in [-0.05, 0) is 31.0 Å². The Labute approximate surface area is 162 Å². The molecule has 0 amide bonds. The molecule has 2 atom stereocenters. The van der Waals surface area contributed by atoms with E-state index in [1.807, 2.05) is 0 Å². The summed E-state index contributed by atoms with van der Waals surface area (Å²) in [5, 5.41) is 17.3. The molecule has 2 aliphatic rings. The largest absolute Gasteiger partial charge is 0.508 e. The van der Waals surface area contributed by atoms with Gasteiger partial charge in [-0.15, -0.1) is 0 Å². The number of ether oxygens (including phenoxy) is 1. The molecule has 156 valence electrons. The molecule has 0 bridgehead atoms. The van der Waals surface area contributed by atoms with Crippen LogP contribution >= 0.6 is 0 Å². The number of phenols is 1. The number of nitrogens with zero attached hydrogens (tertiary/aromatic N) is 3. The number of rotatable bonds is 2. The highest BCUT2D eigenvalue weighted by atomic mass is 19.4. The molecule has 2 aromatic rings. The molecule has 1 fully saturated rings. The van der Waals surface area contributed by atoms with E-state index in [0.29, 0.717) is 11.8 Å². The highest BCUT2D eigenvalue weighted by Crippen LogP contribution is 2.41. The van der Waals surface area contributed by atoms with Gasteiger partial charge in [-0.3, -0.25) is 9.67 Å². The minimum atomic E-state index is -4.59. The topological polar surface area (TPSA) is 71.7 Å². The van der Waals surface area contributed by atoms with E-state index in [-0.39, 0.29) is 30.0 Å². The van der Waals surface area contributed by atoms with Crippen LogP contribution in [0.5, 0.6) is 5.75 Å². The second-order valence-corrected chi connectivity index (χ2v) is 7.08. The summed E-state index contributed by atoms with van der Waals surface area (Å²) in [4.78, 5) is 4.19. The Hall–Kier alpha value is -2.69. The summed E-state index contributed by atoms with van der Waals surface area (Å²) in [5.41, 5.74) is -0.221. The van der Waals surface area contributed by atoms with Gasteiger partial charge in [-0.2, -0.15) is 18.3 Å². The number of aromatic nitrogens is 2. The van der Waals surface area contributed by atoms with E-state index in [1.54, 1.807) is 0 Å². The van der Waals surface area contributed by atoms with Crippen molar-refractivity contribution >= 4 is 17.7 Å². The fourth-order valence-corrected chi connectivity index (χ4v) is 3.61. The summed E-state index contributed by atoms with van der Waals surface area (Å²) < 4.78 is 73.0. The standard InChI is InChI=1S/C18H17F5N4O2/c1-9-4-10(18(21,22)23)5-13(28)15(9)11-6-24-12-7-27(26-16(12)25-11)14-2-3-29-8-17(14,19)20/h4-7,11,14,28H,2-3,8H2,1H3,(H,25,26). The lowest BCUT2D eigenvalue weighted by atomic mass is 9.97. The number of aromatic hydroxyl groups is 1. The summed E-state index contributed by atoms with van der Waals surface area (Å²) in [7, 11) is 0. The molecule has 1 aromatic carbocycles. The number of halogens is 5. The summed E-state index contributed by atoms with van der Waals surface area (Å²) in [6.07, 6.45) is -1.72. The van der Waals surface area contributed by atoms with E-state index in [4.69, 9.17) is 4.74 Å². The number of fused-ring (bicyclic) bond motifs is 1. The van der Waals surface area contributed by atoms with Crippen molar-refractivity contribution in [1.29, 1.82) is 0 Å². The molecule has 1 saturated heterocycles. The van der Waals surface area contributed by atoms with Crippen molar-refractivity contribution in [3.63, 3.8) is 0 Å². The molecule has 6 nitrogen and oxygen atoms in total. The third kappa shape index (κ3) is 3.54. The molecular formula is C18H17F5N4O2. The zero-order chi connectivity index (χ0) is 21.0. The van der Waals surface area contributed by atoms with Gasteiger partial charge in [0.05, 0.1) is 17.8 Å². The fraction of sp³-hybridized carbons (Fsp3) is 0.444. The molecule has 0 spiro atoms. The van der Waals surface area contributed by atoms with Gasteiger partial charge in [0.2, 0.25) is 0 Å². The summed E-state index contributed by atoms with van der Waals surface area (Å²) in [6.45, 7) is 0.930. The van der Waals surface area contributed by atoms with Gasteiger partial charge in [0.15, 0.2) is 5.82 Å². The molecule has 1 aromatic heterocycles. The Morgan fingerprint density at radius 1 is 1.31 bits per heavy atom. The maximum Gasteiger partial charge on any atom is 0.416 e. The smallest absolute Gasteiger partial charge is 0.416 e. The molecule has 3 heterocycles. The summed E-state index contributed by atoms with van der Waals surface area (Å²) >= 11 is 0. The number of aliphatic imine (C=N–C) groups is 1. The van der Waals surface area contributed by atoms with Crippen LogP contribution in [0.25, 0.3) is 0 Å². The predicted molar refractivity (Wildman–Crippen MR) is 94.0 cm³/mol.